The molecule has 0 aliphatic heterocycles. The normalized spacial score (nSPS) is 11.9. The third kappa shape index (κ3) is 2.03. The van der Waals surface area contributed by atoms with Gasteiger partial charge in [-0.25, -0.2) is 4.79 Å². The quantitative estimate of drug-likeness (QED) is 0.622. The van der Waals surface area contributed by atoms with Gasteiger partial charge in [0.25, 0.3) is 0 Å². The van der Waals surface area contributed by atoms with Crippen LogP contribution in [0.4, 0.5) is 0 Å². The minimum atomic E-state index is -1.55. The lowest BCUT2D eigenvalue weighted by Gasteiger charge is -2.29. The fourth-order valence-corrected chi connectivity index (χ4v) is 6.72. The van der Waals surface area contributed by atoms with Gasteiger partial charge in [-0.05, 0) is 11.3 Å². The zero-order valence-electron chi connectivity index (χ0n) is 11.3. The van der Waals surface area contributed by atoms with Gasteiger partial charge in [-0.2, -0.15) is 0 Å². The number of hydrogen-bond acceptors (Lipinski definition) is 2. The van der Waals surface area contributed by atoms with Crippen LogP contribution in [0, 0.1) is 0 Å². The van der Waals surface area contributed by atoms with E-state index in [1.54, 1.807) is 6.07 Å². The van der Waals surface area contributed by atoms with Crippen molar-refractivity contribution in [3.8, 4) is 0 Å². The molecule has 1 aromatic heterocycles. The van der Waals surface area contributed by atoms with E-state index in [1.165, 1.54) is 23.3 Å². The summed E-state index contributed by atoms with van der Waals surface area (Å²) in [5, 5.41) is 2.41. The number of fused-ring (bicyclic) bond motifs is 1. The van der Waals surface area contributed by atoms with Crippen molar-refractivity contribution >= 4 is 24.2 Å². The molecule has 0 unspecified atom stereocenters. The molecular formula is C15H20O2Si. The Balaban J connectivity index is 2.80. The third-order valence-electron chi connectivity index (χ3n) is 4.25. The standard InChI is InChI=1S/C15H20O2Si/c1-4-18(5-2,6-3)14-11-15(16)17-13-10-8-7-9-12(13)14/h7-11H,4-6H2,1-3H3. The molecular weight excluding hydrogens is 240 g/mol. The molecule has 2 aromatic rings. The molecule has 0 radical (unpaired) electrons. The second kappa shape index (κ2) is 5.10. The van der Waals surface area contributed by atoms with Gasteiger partial charge in [-0.1, -0.05) is 57.1 Å². The molecule has 0 aliphatic carbocycles. The molecule has 18 heavy (non-hydrogen) atoms. The lowest BCUT2D eigenvalue weighted by Crippen LogP contribution is -2.47. The van der Waals surface area contributed by atoms with E-state index in [0.29, 0.717) is 0 Å². The highest BCUT2D eigenvalue weighted by atomic mass is 28.3. The van der Waals surface area contributed by atoms with Crippen molar-refractivity contribution in [3.63, 3.8) is 0 Å². The van der Waals surface area contributed by atoms with Crippen LogP contribution in [0.1, 0.15) is 20.8 Å². The number of hydrogen-bond donors (Lipinski definition) is 0. The monoisotopic (exact) mass is 260 g/mol. The van der Waals surface area contributed by atoms with Crippen LogP contribution < -0.4 is 10.8 Å². The Morgan fingerprint density at radius 2 is 1.67 bits per heavy atom. The molecule has 0 N–H and O–H groups in total. The van der Waals surface area contributed by atoms with Crippen LogP contribution in [-0.4, -0.2) is 8.07 Å². The maximum atomic E-state index is 11.8. The van der Waals surface area contributed by atoms with Gasteiger partial charge in [0, 0.05) is 11.5 Å². The maximum absolute atomic E-state index is 11.8. The predicted octanol–water partition coefficient (Wildman–Crippen LogP) is 3.51. The summed E-state index contributed by atoms with van der Waals surface area (Å²) in [4.78, 5) is 11.8. The van der Waals surface area contributed by atoms with E-state index >= 15 is 0 Å². The summed E-state index contributed by atoms with van der Waals surface area (Å²) in [6, 6.07) is 13.2. The minimum Gasteiger partial charge on any atom is -0.423 e. The van der Waals surface area contributed by atoms with E-state index in [2.05, 4.69) is 26.8 Å². The Kier molecular flexibility index (Phi) is 3.71. The predicted molar refractivity (Wildman–Crippen MR) is 79.3 cm³/mol. The Hall–Kier alpha value is -1.35. The molecule has 1 aromatic carbocycles. The third-order valence-corrected chi connectivity index (χ3v) is 9.87. The van der Waals surface area contributed by atoms with Crippen molar-refractivity contribution in [1.29, 1.82) is 0 Å². The molecule has 96 valence electrons. The summed E-state index contributed by atoms with van der Waals surface area (Å²) in [6.45, 7) is 6.76. The smallest absolute Gasteiger partial charge is 0.336 e. The molecule has 0 saturated heterocycles. The van der Waals surface area contributed by atoms with Crippen LogP contribution in [0.15, 0.2) is 39.5 Å². The first-order valence-corrected chi connectivity index (χ1v) is 9.32. The average molecular weight is 260 g/mol. The Morgan fingerprint density at radius 3 is 2.28 bits per heavy atom. The molecule has 0 fully saturated rings. The van der Waals surface area contributed by atoms with Crippen molar-refractivity contribution < 1.29 is 4.42 Å². The van der Waals surface area contributed by atoms with Crippen LogP contribution in [-0.2, 0) is 0 Å². The topological polar surface area (TPSA) is 30.2 Å². The first-order valence-electron chi connectivity index (χ1n) is 6.70. The van der Waals surface area contributed by atoms with Crippen LogP contribution in [0.25, 0.3) is 11.0 Å². The highest BCUT2D eigenvalue weighted by Crippen LogP contribution is 2.23. The van der Waals surface area contributed by atoms with Crippen molar-refractivity contribution in [1.82, 2.24) is 0 Å². The average Bonchev–Trinajstić information content (AvgIpc) is 2.41. The molecule has 0 aliphatic rings. The van der Waals surface area contributed by atoms with Gasteiger partial charge in [0.15, 0.2) is 0 Å². The second-order valence-electron chi connectivity index (χ2n) is 4.82. The molecule has 0 atom stereocenters. The van der Waals surface area contributed by atoms with E-state index in [9.17, 15) is 4.79 Å². The lowest BCUT2D eigenvalue weighted by atomic mass is 10.2. The fourth-order valence-electron chi connectivity index (χ4n) is 2.87. The van der Waals surface area contributed by atoms with Gasteiger partial charge in [-0.3, -0.25) is 0 Å². The van der Waals surface area contributed by atoms with E-state index in [1.807, 2.05) is 18.2 Å². The van der Waals surface area contributed by atoms with Crippen LogP contribution in [0.2, 0.25) is 18.1 Å². The highest BCUT2D eigenvalue weighted by Gasteiger charge is 2.31. The number of para-hydroxylation sites is 1. The zero-order chi connectivity index (χ0) is 13.2. The molecule has 2 nitrogen and oxygen atoms in total. The van der Waals surface area contributed by atoms with E-state index in [4.69, 9.17) is 4.42 Å². The Labute approximate surface area is 109 Å². The van der Waals surface area contributed by atoms with Crippen molar-refractivity contribution in [3.05, 3.63) is 40.8 Å². The van der Waals surface area contributed by atoms with Crippen LogP contribution in [0.5, 0.6) is 0 Å². The molecule has 0 amide bonds. The molecule has 3 heteroatoms. The van der Waals surface area contributed by atoms with Gasteiger partial charge in [-0.15, -0.1) is 0 Å². The maximum Gasteiger partial charge on any atom is 0.336 e. The molecule has 0 bridgehead atoms. The minimum absolute atomic E-state index is 0.212. The Bertz CT molecular complexity index is 588. The fraction of sp³-hybridized carbons (Fsp3) is 0.400. The van der Waals surface area contributed by atoms with E-state index < -0.39 is 8.07 Å². The van der Waals surface area contributed by atoms with Crippen molar-refractivity contribution in [2.75, 3.05) is 0 Å². The molecule has 0 saturated carbocycles. The van der Waals surface area contributed by atoms with Gasteiger partial charge in [0.2, 0.25) is 0 Å². The Morgan fingerprint density at radius 1 is 1.06 bits per heavy atom. The number of rotatable bonds is 4. The van der Waals surface area contributed by atoms with E-state index in [-0.39, 0.29) is 5.63 Å². The largest absolute Gasteiger partial charge is 0.423 e. The van der Waals surface area contributed by atoms with Gasteiger partial charge in [0.1, 0.15) is 5.58 Å². The van der Waals surface area contributed by atoms with Gasteiger partial charge >= 0.3 is 5.63 Å². The summed E-state index contributed by atoms with van der Waals surface area (Å²) in [6.07, 6.45) is 0. The molecule has 1 heterocycles. The van der Waals surface area contributed by atoms with Gasteiger partial charge in [0.05, 0.1) is 8.07 Å². The lowest BCUT2D eigenvalue weighted by molar-refractivity contribution is 0.562. The second-order valence-corrected chi connectivity index (χ2v) is 10.0. The van der Waals surface area contributed by atoms with Crippen molar-refractivity contribution in [2.24, 2.45) is 0 Å². The zero-order valence-corrected chi connectivity index (χ0v) is 12.3. The molecule has 2 rings (SSSR count). The van der Waals surface area contributed by atoms with Gasteiger partial charge < -0.3 is 4.42 Å². The SMILES string of the molecule is CC[Si](CC)(CC)c1cc(=O)oc2ccccc12. The summed E-state index contributed by atoms with van der Waals surface area (Å²) in [5.41, 5.74) is 0.517. The summed E-state index contributed by atoms with van der Waals surface area (Å²) < 4.78 is 5.30. The summed E-state index contributed by atoms with van der Waals surface area (Å²) in [7, 11) is -1.55. The summed E-state index contributed by atoms with van der Waals surface area (Å²) in [5.74, 6) is 0. The first-order chi connectivity index (χ1) is 8.66. The first kappa shape index (κ1) is 13.1. The summed E-state index contributed by atoms with van der Waals surface area (Å²) >= 11 is 0. The van der Waals surface area contributed by atoms with Crippen LogP contribution in [0.3, 0.4) is 0 Å². The van der Waals surface area contributed by atoms with E-state index in [0.717, 1.165) is 11.0 Å². The number of benzene rings is 1. The van der Waals surface area contributed by atoms with Crippen molar-refractivity contribution in [2.45, 2.75) is 38.9 Å². The highest BCUT2D eigenvalue weighted by molar-refractivity contribution is 6.93. The van der Waals surface area contributed by atoms with Crippen LogP contribution >= 0.6 is 0 Å². The molecule has 0 spiro atoms.